The first-order valence-corrected chi connectivity index (χ1v) is 7.26. The minimum Gasteiger partial charge on any atom is -0.250 e. The van der Waals surface area contributed by atoms with Gasteiger partial charge in [-0.2, -0.15) is 4.57 Å². The molecule has 2 unspecified atom stereocenters. The lowest BCUT2D eigenvalue weighted by molar-refractivity contribution is -0.736. The predicted octanol–water partition coefficient (Wildman–Crippen LogP) is 3.21. The number of rotatable bonds is 2. The monoisotopic (exact) mass is 251 g/mol. The van der Waals surface area contributed by atoms with Gasteiger partial charge in [-0.25, -0.2) is 4.98 Å². The number of nitrogens with zero attached hydrogens (tertiary/aromatic N) is 2. The molecule has 2 atom stereocenters. The third-order valence-electron chi connectivity index (χ3n) is 5.44. The standard InChI is InChI=1S/C17H19N2/c1-3-16-12-17(16,4-2)19-11-6-5-9-14(19)15-13(16)8-7-10-18-15/h5-11H,3-4,12H2,1-2H3/q+1. The molecule has 19 heavy (non-hydrogen) atoms. The molecule has 0 N–H and O–H groups in total. The summed E-state index contributed by atoms with van der Waals surface area (Å²) in [5.74, 6) is 0. The van der Waals surface area contributed by atoms with Gasteiger partial charge in [-0.1, -0.05) is 19.9 Å². The number of fused-ring (bicyclic) bond motifs is 6. The lowest BCUT2D eigenvalue weighted by Gasteiger charge is -2.27. The first-order chi connectivity index (χ1) is 9.29. The fraction of sp³-hybridized carbons (Fsp3) is 0.412. The highest BCUT2D eigenvalue weighted by Gasteiger charge is 2.76. The van der Waals surface area contributed by atoms with Gasteiger partial charge in [-0.3, -0.25) is 0 Å². The van der Waals surface area contributed by atoms with Crippen LogP contribution in [0.15, 0.2) is 42.7 Å². The third kappa shape index (κ3) is 1.09. The first kappa shape index (κ1) is 11.2. The molecule has 1 aliphatic carbocycles. The smallest absolute Gasteiger partial charge is 0.231 e. The average molecular weight is 251 g/mol. The van der Waals surface area contributed by atoms with Crippen LogP contribution < -0.4 is 4.57 Å². The van der Waals surface area contributed by atoms with Gasteiger partial charge >= 0.3 is 0 Å². The maximum absolute atomic E-state index is 4.68. The van der Waals surface area contributed by atoms with Crippen LogP contribution in [0, 0.1) is 0 Å². The Morgan fingerprint density at radius 1 is 1.16 bits per heavy atom. The Balaban J connectivity index is 2.09. The van der Waals surface area contributed by atoms with Crippen LogP contribution in [0.25, 0.3) is 11.4 Å². The largest absolute Gasteiger partial charge is 0.250 e. The fourth-order valence-corrected chi connectivity index (χ4v) is 4.40. The van der Waals surface area contributed by atoms with Crippen molar-refractivity contribution >= 4 is 0 Å². The number of aromatic nitrogens is 2. The van der Waals surface area contributed by atoms with Crippen LogP contribution in [0.5, 0.6) is 0 Å². The minimum atomic E-state index is 0.286. The van der Waals surface area contributed by atoms with Crippen molar-refractivity contribution in [1.82, 2.24) is 4.98 Å². The van der Waals surface area contributed by atoms with Crippen LogP contribution in [0.3, 0.4) is 0 Å². The maximum atomic E-state index is 4.68. The van der Waals surface area contributed by atoms with E-state index in [0.717, 1.165) is 0 Å². The second-order valence-electron chi connectivity index (χ2n) is 5.85. The minimum absolute atomic E-state index is 0.286. The summed E-state index contributed by atoms with van der Waals surface area (Å²) in [7, 11) is 0. The average Bonchev–Trinajstić information content (AvgIpc) is 3.19. The SMILES string of the molecule is CCC12CC1(CC)[n+]1ccccc1-c1ncccc12. The molecule has 1 aliphatic heterocycles. The van der Waals surface area contributed by atoms with Crippen molar-refractivity contribution in [3.8, 4) is 11.4 Å². The van der Waals surface area contributed by atoms with Gasteiger partial charge in [0.1, 0.15) is 5.69 Å². The normalized spacial score (nSPS) is 30.2. The summed E-state index contributed by atoms with van der Waals surface area (Å²) in [6.45, 7) is 4.64. The molecule has 3 heterocycles. The summed E-state index contributed by atoms with van der Waals surface area (Å²) in [4.78, 5) is 4.68. The van der Waals surface area contributed by atoms with E-state index in [1.54, 1.807) is 0 Å². The van der Waals surface area contributed by atoms with Gasteiger partial charge < -0.3 is 0 Å². The molecule has 0 radical (unpaired) electrons. The quantitative estimate of drug-likeness (QED) is 0.749. The van der Waals surface area contributed by atoms with Gasteiger partial charge in [0.05, 0.1) is 5.41 Å². The Labute approximate surface area is 114 Å². The van der Waals surface area contributed by atoms with Crippen LogP contribution >= 0.6 is 0 Å². The van der Waals surface area contributed by atoms with Crippen LogP contribution in [0.1, 0.15) is 38.7 Å². The Morgan fingerprint density at radius 3 is 2.84 bits per heavy atom. The van der Waals surface area contributed by atoms with E-state index < -0.39 is 0 Å². The van der Waals surface area contributed by atoms with Crippen molar-refractivity contribution in [2.24, 2.45) is 0 Å². The summed E-state index contributed by atoms with van der Waals surface area (Å²) in [5.41, 5.74) is 4.53. The number of pyridine rings is 2. The van der Waals surface area contributed by atoms with E-state index in [1.807, 2.05) is 6.20 Å². The molecule has 96 valence electrons. The van der Waals surface area contributed by atoms with Gasteiger partial charge in [0.2, 0.25) is 5.69 Å². The van der Waals surface area contributed by atoms with Crippen LogP contribution in [0.2, 0.25) is 0 Å². The van der Waals surface area contributed by atoms with Gasteiger partial charge in [-0.05, 0) is 24.1 Å². The van der Waals surface area contributed by atoms with E-state index in [0.29, 0.717) is 5.41 Å². The predicted molar refractivity (Wildman–Crippen MR) is 74.7 cm³/mol. The van der Waals surface area contributed by atoms with E-state index >= 15 is 0 Å². The summed E-state index contributed by atoms with van der Waals surface area (Å²) in [5, 5.41) is 0. The zero-order chi connectivity index (χ0) is 13.1. The molecule has 2 aromatic heterocycles. The summed E-state index contributed by atoms with van der Waals surface area (Å²) in [6.07, 6.45) is 7.81. The molecule has 0 aromatic carbocycles. The van der Waals surface area contributed by atoms with Crippen LogP contribution in [0.4, 0.5) is 0 Å². The molecule has 0 spiro atoms. The van der Waals surface area contributed by atoms with Gasteiger partial charge in [0, 0.05) is 31.2 Å². The molecular formula is C17H19N2+. The second-order valence-corrected chi connectivity index (χ2v) is 5.85. The van der Waals surface area contributed by atoms with Gasteiger partial charge in [-0.15, -0.1) is 0 Å². The van der Waals surface area contributed by atoms with Crippen molar-refractivity contribution in [2.45, 2.75) is 44.1 Å². The summed E-state index contributed by atoms with van der Waals surface area (Å²) < 4.78 is 2.49. The van der Waals surface area contributed by atoms with Crippen molar-refractivity contribution < 1.29 is 4.57 Å². The summed E-state index contributed by atoms with van der Waals surface area (Å²) >= 11 is 0. The molecule has 1 saturated carbocycles. The maximum Gasteiger partial charge on any atom is 0.231 e. The molecule has 1 fully saturated rings. The van der Waals surface area contributed by atoms with Gasteiger partial charge in [0.25, 0.3) is 0 Å². The Kier molecular flexibility index (Phi) is 2.02. The third-order valence-corrected chi connectivity index (χ3v) is 5.44. The Morgan fingerprint density at radius 2 is 2.05 bits per heavy atom. The van der Waals surface area contributed by atoms with Crippen molar-refractivity contribution in [3.05, 3.63) is 48.3 Å². The van der Waals surface area contributed by atoms with Crippen molar-refractivity contribution in [1.29, 1.82) is 0 Å². The van der Waals surface area contributed by atoms with Crippen molar-refractivity contribution in [3.63, 3.8) is 0 Å². The second kappa shape index (κ2) is 3.44. The molecule has 0 saturated heterocycles. The van der Waals surface area contributed by atoms with E-state index in [9.17, 15) is 0 Å². The van der Waals surface area contributed by atoms with Crippen molar-refractivity contribution in [2.75, 3.05) is 0 Å². The number of hydrogen-bond donors (Lipinski definition) is 0. The first-order valence-electron chi connectivity index (χ1n) is 7.26. The van der Waals surface area contributed by atoms with Crippen LogP contribution in [-0.2, 0) is 11.0 Å². The highest BCUT2D eigenvalue weighted by Crippen LogP contribution is 2.66. The Bertz CT molecular complexity index is 606. The summed E-state index contributed by atoms with van der Waals surface area (Å²) in [6, 6.07) is 10.9. The molecular weight excluding hydrogens is 232 g/mol. The van der Waals surface area contributed by atoms with Crippen LogP contribution in [-0.4, -0.2) is 4.98 Å². The molecule has 2 heteroatoms. The highest BCUT2D eigenvalue weighted by molar-refractivity contribution is 5.63. The van der Waals surface area contributed by atoms with Gasteiger partial charge in [0.15, 0.2) is 11.7 Å². The highest BCUT2D eigenvalue weighted by atomic mass is 15.2. The molecule has 0 amide bonds. The van der Waals surface area contributed by atoms with E-state index in [1.165, 1.54) is 36.2 Å². The van der Waals surface area contributed by atoms with E-state index in [-0.39, 0.29) is 5.54 Å². The molecule has 0 bridgehead atoms. The lowest BCUT2D eigenvalue weighted by Crippen LogP contribution is -2.54. The lowest BCUT2D eigenvalue weighted by atomic mass is 9.82. The molecule has 2 nitrogen and oxygen atoms in total. The zero-order valence-electron chi connectivity index (χ0n) is 11.6. The molecule has 2 aromatic rings. The molecule has 2 aliphatic rings. The Hall–Kier alpha value is -1.70. The molecule has 4 rings (SSSR count). The van der Waals surface area contributed by atoms with E-state index in [4.69, 9.17) is 0 Å². The zero-order valence-corrected chi connectivity index (χ0v) is 11.6. The topological polar surface area (TPSA) is 16.8 Å². The number of hydrogen-bond acceptors (Lipinski definition) is 1. The van der Waals surface area contributed by atoms with E-state index in [2.05, 4.69) is 59.9 Å². The fourth-order valence-electron chi connectivity index (χ4n) is 4.40.